The molecule has 3 heteroatoms. The first-order valence-electron chi connectivity index (χ1n) is 7.60. The van der Waals surface area contributed by atoms with E-state index in [1.165, 1.54) is 36.0 Å². The van der Waals surface area contributed by atoms with Crippen LogP contribution in [0.4, 0.5) is 0 Å². The number of benzene rings is 1. The largest absolute Gasteiger partial charge is 0.324 e. The van der Waals surface area contributed by atoms with Crippen molar-refractivity contribution in [2.24, 2.45) is 5.73 Å². The van der Waals surface area contributed by atoms with Crippen LogP contribution in [0.1, 0.15) is 34.7 Å². The van der Waals surface area contributed by atoms with E-state index in [1.54, 1.807) is 0 Å². The van der Waals surface area contributed by atoms with Gasteiger partial charge in [-0.15, -0.1) is 0 Å². The Bertz CT molecular complexity index is 788. The van der Waals surface area contributed by atoms with Gasteiger partial charge in [-0.1, -0.05) is 24.3 Å². The van der Waals surface area contributed by atoms with Crippen molar-refractivity contribution in [3.63, 3.8) is 0 Å². The van der Waals surface area contributed by atoms with Crippen molar-refractivity contribution in [3.8, 4) is 0 Å². The molecule has 0 aliphatic heterocycles. The third-order valence-electron chi connectivity index (χ3n) is 4.47. The average molecular weight is 277 g/mol. The monoisotopic (exact) mass is 277 g/mol. The molecule has 0 bridgehead atoms. The Kier molecular flexibility index (Phi) is 3.00. The second-order valence-corrected chi connectivity index (χ2v) is 5.90. The van der Waals surface area contributed by atoms with Gasteiger partial charge >= 0.3 is 0 Å². The summed E-state index contributed by atoms with van der Waals surface area (Å²) in [6.45, 7) is 0. The molecule has 21 heavy (non-hydrogen) atoms. The summed E-state index contributed by atoms with van der Waals surface area (Å²) in [5, 5.41) is 4.38. The number of pyridine rings is 1. The zero-order valence-electron chi connectivity index (χ0n) is 12.0. The minimum absolute atomic E-state index is 0.00986. The number of hydrogen-bond donors (Lipinski definition) is 1. The molecule has 1 aliphatic rings. The lowest BCUT2D eigenvalue weighted by atomic mass is 9.98. The Balaban J connectivity index is 1.62. The maximum absolute atomic E-state index is 6.43. The molecule has 2 aromatic heterocycles. The molecule has 0 fully saturated rings. The van der Waals surface area contributed by atoms with Gasteiger partial charge in [0.05, 0.1) is 11.7 Å². The van der Waals surface area contributed by atoms with Crippen LogP contribution in [0.2, 0.25) is 0 Å². The van der Waals surface area contributed by atoms with Crippen molar-refractivity contribution < 1.29 is 0 Å². The highest BCUT2D eigenvalue weighted by atomic mass is 15.2. The van der Waals surface area contributed by atoms with Crippen molar-refractivity contribution in [1.82, 2.24) is 9.61 Å². The molecule has 3 aromatic rings. The normalized spacial score (nSPS) is 15.3. The molecule has 4 rings (SSSR count). The van der Waals surface area contributed by atoms with Gasteiger partial charge in [0, 0.05) is 17.8 Å². The molecular weight excluding hydrogens is 258 g/mol. The van der Waals surface area contributed by atoms with Crippen molar-refractivity contribution >= 4 is 5.52 Å². The zero-order valence-corrected chi connectivity index (χ0v) is 12.0. The van der Waals surface area contributed by atoms with Gasteiger partial charge in [0.2, 0.25) is 0 Å². The van der Waals surface area contributed by atoms with Crippen LogP contribution in [-0.2, 0) is 19.3 Å². The van der Waals surface area contributed by atoms with Crippen LogP contribution in [0.3, 0.4) is 0 Å². The molecule has 2 N–H and O–H groups in total. The van der Waals surface area contributed by atoms with Gasteiger partial charge in [-0.25, -0.2) is 4.52 Å². The van der Waals surface area contributed by atoms with Crippen molar-refractivity contribution in [1.29, 1.82) is 0 Å². The number of nitrogens with zero attached hydrogens (tertiary/aromatic N) is 2. The van der Waals surface area contributed by atoms with Crippen molar-refractivity contribution in [2.45, 2.75) is 31.7 Å². The van der Waals surface area contributed by atoms with E-state index in [2.05, 4.69) is 29.4 Å². The molecule has 0 saturated heterocycles. The molecule has 2 heterocycles. The standard InChI is InChI=1S/C18H19N3/c19-17(16-12-20-21-9-2-1-6-18(16)21)11-13-7-8-14-4-3-5-15(14)10-13/h1-2,6-10,12,17H,3-5,11,19H2. The summed E-state index contributed by atoms with van der Waals surface area (Å²) >= 11 is 0. The molecule has 0 saturated carbocycles. The summed E-state index contributed by atoms with van der Waals surface area (Å²) in [7, 11) is 0. The average Bonchev–Trinajstić information content (AvgIpc) is 3.13. The first-order valence-corrected chi connectivity index (χ1v) is 7.60. The number of aromatic nitrogens is 2. The van der Waals surface area contributed by atoms with Crippen LogP contribution < -0.4 is 5.73 Å². The fourth-order valence-corrected chi connectivity index (χ4v) is 3.36. The van der Waals surface area contributed by atoms with E-state index < -0.39 is 0 Å². The maximum Gasteiger partial charge on any atom is 0.0709 e. The number of nitrogens with two attached hydrogens (primary N) is 1. The highest BCUT2D eigenvalue weighted by molar-refractivity contribution is 5.55. The molecule has 0 spiro atoms. The molecule has 1 aliphatic carbocycles. The number of rotatable bonds is 3. The van der Waals surface area contributed by atoms with E-state index in [0.29, 0.717) is 0 Å². The summed E-state index contributed by atoms with van der Waals surface area (Å²) in [5.74, 6) is 0. The van der Waals surface area contributed by atoms with Gasteiger partial charge in [0.15, 0.2) is 0 Å². The van der Waals surface area contributed by atoms with Crippen LogP contribution in [-0.4, -0.2) is 9.61 Å². The van der Waals surface area contributed by atoms with Crippen molar-refractivity contribution in [3.05, 3.63) is 71.0 Å². The summed E-state index contributed by atoms with van der Waals surface area (Å²) in [4.78, 5) is 0. The number of aryl methyl sites for hydroxylation is 2. The first kappa shape index (κ1) is 12.6. The van der Waals surface area contributed by atoms with Crippen LogP contribution >= 0.6 is 0 Å². The molecule has 3 nitrogen and oxygen atoms in total. The Hall–Kier alpha value is -2.13. The Labute approximate surface area is 124 Å². The van der Waals surface area contributed by atoms with Gasteiger partial charge in [-0.05, 0) is 54.5 Å². The lowest BCUT2D eigenvalue weighted by Crippen LogP contribution is -2.13. The Morgan fingerprint density at radius 1 is 1.14 bits per heavy atom. The summed E-state index contributed by atoms with van der Waals surface area (Å²) in [5.41, 5.74) is 13.0. The maximum atomic E-state index is 6.43. The molecule has 1 atom stereocenters. The lowest BCUT2D eigenvalue weighted by Gasteiger charge is -2.12. The third-order valence-corrected chi connectivity index (χ3v) is 4.47. The minimum Gasteiger partial charge on any atom is -0.324 e. The third kappa shape index (κ3) is 2.24. The quantitative estimate of drug-likeness (QED) is 0.799. The van der Waals surface area contributed by atoms with Gasteiger partial charge in [-0.3, -0.25) is 0 Å². The second kappa shape index (κ2) is 5.01. The highest BCUT2D eigenvalue weighted by Gasteiger charge is 2.15. The van der Waals surface area contributed by atoms with Crippen molar-refractivity contribution in [2.75, 3.05) is 0 Å². The summed E-state index contributed by atoms with van der Waals surface area (Å²) in [6, 6.07) is 12.9. The number of hydrogen-bond acceptors (Lipinski definition) is 2. The fourth-order valence-electron chi connectivity index (χ4n) is 3.36. The van der Waals surface area contributed by atoms with Crippen LogP contribution in [0.15, 0.2) is 48.8 Å². The van der Waals surface area contributed by atoms with Gasteiger partial charge in [0.25, 0.3) is 0 Å². The zero-order chi connectivity index (χ0) is 14.2. The van der Waals surface area contributed by atoms with Crippen LogP contribution in [0.25, 0.3) is 5.52 Å². The smallest absolute Gasteiger partial charge is 0.0709 e. The molecule has 0 amide bonds. The van der Waals surface area contributed by atoms with Gasteiger partial charge in [-0.2, -0.15) is 5.10 Å². The van der Waals surface area contributed by atoms with Gasteiger partial charge in [0.1, 0.15) is 0 Å². The molecule has 106 valence electrons. The SMILES string of the molecule is NC(Cc1ccc2c(c1)CCC2)c1cnn2ccccc12. The Morgan fingerprint density at radius 2 is 2.05 bits per heavy atom. The molecule has 1 aromatic carbocycles. The van der Waals surface area contributed by atoms with E-state index in [-0.39, 0.29) is 6.04 Å². The first-order chi connectivity index (χ1) is 10.3. The topological polar surface area (TPSA) is 43.3 Å². The second-order valence-electron chi connectivity index (χ2n) is 5.90. The van der Waals surface area contributed by atoms with E-state index >= 15 is 0 Å². The summed E-state index contributed by atoms with van der Waals surface area (Å²) in [6.07, 6.45) is 8.46. The minimum atomic E-state index is -0.00986. The fraction of sp³-hybridized carbons (Fsp3) is 0.278. The number of fused-ring (bicyclic) bond motifs is 2. The molecular formula is C18H19N3. The van der Waals surface area contributed by atoms with E-state index in [1.807, 2.05) is 29.0 Å². The van der Waals surface area contributed by atoms with Crippen LogP contribution in [0, 0.1) is 0 Å². The highest BCUT2D eigenvalue weighted by Crippen LogP contribution is 2.26. The molecule has 1 unspecified atom stereocenters. The Morgan fingerprint density at radius 3 is 3.00 bits per heavy atom. The van der Waals surface area contributed by atoms with Crippen LogP contribution in [0.5, 0.6) is 0 Å². The van der Waals surface area contributed by atoms with E-state index in [9.17, 15) is 0 Å². The lowest BCUT2D eigenvalue weighted by molar-refractivity contribution is 0.727. The van der Waals surface area contributed by atoms with E-state index in [0.717, 1.165) is 17.5 Å². The van der Waals surface area contributed by atoms with E-state index in [4.69, 9.17) is 5.73 Å². The summed E-state index contributed by atoms with van der Waals surface area (Å²) < 4.78 is 1.89. The molecule has 0 radical (unpaired) electrons. The predicted molar refractivity (Wildman–Crippen MR) is 84.3 cm³/mol. The van der Waals surface area contributed by atoms with Gasteiger partial charge < -0.3 is 5.73 Å². The predicted octanol–water partition coefficient (Wildman–Crippen LogP) is 3.07.